The van der Waals surface area contributed by atoms with Gasteiger partial charge < -0.3 is 15.2 Å². The van der Waals surface area contributed by atoms with E-state index in [1.807, 2.05) is 0 Å². The van der Waals surface area contributed by atoms with Gasteiger partial charge in [0.05, 0.1) is 0 Å². The molecule has 0 radical (unpaired) electrons. The predicted octanol–water partition coefficient (Wildman–Crippen LogP) is 2.08. The lowest BCUT2D eigenvalue weighted by Crippen LogP contribution is -2.44. The Morgan fingerprint density at radius 2 is 1.96 bits per heavy atom. The summed E-state index contributed by atoms with van der Waals surface area (Å²) in [5, 5.41) is 14.4. The molecule has 0 spiro atoms. The van der Waals surface area contributed by atoms with E-state index in [1.165, 1.54) is 12.1 Å². The van der Waals surface area contributed by atoms with Crippen LogP contribution >= 0.6 is 15.9 Å². The van der Waals surface area contributed by atoms with Crippen LogP contribution in [0.15, 0.2) is 22.7 Å². The third-order valence-corrected chi connectivity index (χ3v) is 3.95. The normalized spacial score (nSPS) is 14.3. The van der Waals surface area contributed by atoms with Crippen molar-refractivity contribution in [1.29, 1.82) is 0 Å². The summed E-state index contributed by atoms with van der Waals surface area (Å²) in [5.74, 6) is -1.84. The second-order valence-corrected chi connectivity index (χ2v) is 6.16. The lowest BCUT2D eigenvalue weighted by molar-refractivity contribution is -0.123. The van der Waals surface area contributed by atoms with Crippen LogP contribution in [0.5, 0.6) is 5.75 Å². The van der Waals surface area contributed by atoms with E-state index in [4.69, 9.17) is 4.74 Å². The van der Waals surface area contributed by atoms with Crippen LogP contribution in [-0.4, -0.2) is 35.7 Å². The van der Waals surface area contributed by atoms with Crippen molar-refractivity contribution in [1.82, 2.24) is 10.6 Å². The van der Waals surface area contributed by atoms with E-state index in [2.05, 4.69) is 26.6 Å². The predicted molar refractivity (Wildman–Crippen MR) is 85.0 cm³/mol. The average molecular weight is 385 g/mol. The molecule has 0 aliphatic heterocycles. The molecule has 1 aliphatic rings. The number of hydrogen-bond donors (Lipinski definition) is 3. The molecule has 7 nitrogen and oxygen atoms in total. The van der Waals surface area contributed by atoms with E-state index in [0.29, 0.717) is 4.47 Å². The van der Waals surface area contributed by atoms with Gasteiger partial charge in [-0.15, -0.1) is 0 Å². The molecule has 3 N–H and O–H groups in total. The first-order chi connectivity index (χ1) is 11.0. The minimum atomic E-state index is -0.852. The van der Waals surface area contributed by atoms with Crippen LogP contribution in [0.1, 0.15) is 36.0 Å². The monoisotopic (exact) mass is 384 g/mol. The molecule has 23 heavy (non-hydrogen) atoms. The van der Waals surface area contributed by atoms with Gasteiger partial charge in [-0.2, -0.15) is 0 Å². The van der Waals surface area contributed by atoms with Crippen molar-refractivity contribution in [3.8, 4) is 5.75 Å². The molecular weight excluding hydrogens is 368 g/mol. The first kappa shape index (κ1) is 17.3. The first-order valence-electron chi connectivity index (χ1n) is 7.21. The van der Waals surface area contributed by atoms with Gasteiger partial charge in [-0.05, 0) is 31.0 Å². The van der Waals surface area contributed by atoms with Gasteiger partial charge in [-0.1, -0.05) is 28.8 Å². The van der Waals surface area contributed by atoms with Crippen LogP contribution in [0.25, 0.3) is 0 Å². The second kappa shape index (κ2) is 7.96. The molecule has 1 aromatic carbocycles. The molecule has 0 heterocycles. The Labute approximate surface area is 141 Å². The number of carbonyl (C=O) groups excluding carboxylic acids is 3. The number of hydrogen-bond acceptors (Lipinski definition) is 5. The van der Waals surface area contributed by atoms with E-state index < -0.39 is 24.5 Å². The zero-order valence-corrected chi connectivity index (χ0v) is 13.9. The van der Waals surface area contributed by atoms with Crippen molar-refractivity contribution in [2.24, 2.45) is 0 Å². The van der Waals surface area contributed by atoms with Gasteiger partial charge in [0, 0.05) is 10.5 Å². The lowest BCUT2D eigenvalue weighted by Gasteiger charge is -2.12. The van der Waals surface area contributed by atoms with Crippen LogP contribution in [0.2, 0.25) is 0 Å². The van der Waals surface area contributed by atoms with Crippen molar-refractivity contribution in [2.75, 3.05) is 6.61 Å². The number of nitrogens with one attached hydrogen (secondary N) is 2. The van der Waals surface area contributed by atoms with Crippen LogP contribution < -0.4 is 10.6 Å². The zero-order valence-electron chi connectivity index (χ0n) is 12.3. The number of halogens is 1. The number of phenols is 1. The van der Waals surface area contributed by atoms with Crippen LogP contribution in [-0.2, 0) is 9.53 Å². The fourth-order valence-electron chi connectivity index (χ4n) is 2.33. The number of ether oxygens (including phenoxy) is 1. The van der Waals surface area contributed by atoms with Crippen molar-refractivity contribution in [2.45, 2.75) is 31.7 Å². The Morgan fingerprint density at radius 3 is 2.65 bits per heavy atom. The van der Waals surface area contributed by atoms with Gasteiger partial charge in [0.25, 0.3) is 5.91 Å². The highest BCUT2D eigenvalue weighted by molar-refractivity contribution is 9.10. The molecule has 0 saturated heterocycles. The molecule has 3 amide bonds. The Balaban J connectivity index is 1.78. The summed E-state index contributed by atoms with van der Waals surface area (Å²) in [6, 6.07) is 3.76. The maximum absolute atomic E-state index is 11.8. The molecule has 0 atom stereocenters. The van der Waals surface area contributed by atoms with Gasteiger partial charge in [0.15, 0.2) is 6.61 Å². The molecular formula is C15H17BrN2O5. The number of urea groups is 1. The molecule has 1 aromatic rings. The topological polar surface area (TPSA) is 105 Å². The summed E-state index contributed by atoms with van der Waals surface area (Å²) in [6.07, 6.45) is 3.93. The van der Waals surface area contributed by atoms with E-state index in [1.54, 1.807) is 6.07 Å². The van der Waals surface area contributed by atoms with Crippen molar-refractivity contribution >= 4 is 33.8 Å². The summed E-state index contributed by atoms with van der Waals surface area (Å²) >= 11 is 3.17. The number of imide groups is 1. The smallest absolute Gasteiger partial charge is 0.342 e. The van der Waals surface area contributed by atoms with Crippen LogP contribution in [0, 0.1) is 0 Å². The van der Waals surface area contributed by atoms with Gasteiger partial charge >= 0.3 is 12.0 Å². The number of aromatic hydroxyl groups is 1. The SMILES string of the molecule is O=C(COC(=O)c1cc(Br)ccc1O)NC(=O)NC1CCCC1. The van der Waals surface area contributed by atoms with Crippen molar-refractivity contribution < 1.29 is 24.2 Å². The molecule has 1 fully saturated rings. The summed E-state index contributed by atoms with van der Waals surface area (Å²) in [6.45, 7) is -0.608. The number of esters is 1. The Hall–Kier alpha value is -2.09. The maximum atomic E-state index is 11.8. The standard InChI is InChI=1S/C15H17BrN2O5/c16-9-5-6-12(19)11(7-9)14(21)23-8-13(20)18-15(22)17-10-3-1-2-4-10/h5-7,10,19H,1-4,8H2,(H2,17,18,20,22). The second-order valence-electron chi connectivity index (χ2n) is 5.24. The fourth-order valence-corrected chi connectivity index (χ4v) is 2.70. The number of rotatable bonds is 4. The summed E-state index contributed by atoms with van der Waals surface area (Å²) in [5.41, 5.74) is -0.0671. The number of benzene rings is 1. The van der Waals surface area contributed by atoms with Gasteiger partial charge in [0.1, 0.15) is 11.3 Å². The van der Waals surface area contributed by atoms with Crippen molar-refractivity contribution in [3.05, 3.63) is 28.2 Å². The van der Waals surface area contributed by atoms with Crippen LogP contribution in [0.4, 0.5) is 4.79 Å². The zero-order chi connectivity index (χ0) is 16.8. The number of amides is 3. The van der Waals surface area contributed by atoms with Gasteiger partial charge in [0.2, 0.25) is 0 Å². The number of phenolic OH excluding ortho intramolecular Hbond substituents is 1. The fraction of sp³-hybridized carbons (Fsp3) is 0.400. The Morgan fingerprint density at radius 1 is 1.26 bits per heavy atom. The number of carbonyl (C=O) groups is 3. The highest BCUT2D eigenvalue weighted by Gasteiger charge is 2.19. The minimum Gasteiger partial charge on any atom is -0.507 e. The van der Waals surface area contributed by atoms with Gasteiger partial charge in [-0.25, -0.2) is 9.59 Å². The molecule has 0 unspecified atom stereocenters. The maximum Gasteiger partial charge on any atom is 0.342 e. The Bertz CT molecular complexity index is 614. The minimum absolute atomic E-state index is 0.0671. The third-order valence-electron chi connectivity index (χ3n) is 3.46. The molecule has 8 heteroatoms. The van der Waals surface area contributed by atoms with E-state index in [0.717, 1.165) is 25.7 Å². The molecule has 1 aliphatic carbocycles. The first-order valence-corrected chi connectivity index (χ1v) is 8.01. The molecule has 0 bridgehead atoms. The molecule has 1 saturated carbocycles. The quantitative estimate of drug-likeness (QED) is 0.689. The lowest BCUT2D eigenvalue weighted by atomic mass is 10.2. The Kier molecular flexibility index (Phi) is 5.97. The summed E-state index contributed by atoms with van der Waals surface area (Å²) in [4.78, 5) is 35.0. The van der Waals surface area contributed by atoms with E-state index >= 15 is 0 Å². The van der Waals surface area contributed by atoms with E-state index in [-0.39, 0.29) is 17.4 Å². The highest BCUT2D eigenvalue weighted by atomic mass is 79.9. The summed E-state index contributed by atoms with van der Waals surface area (Å²) in [7, 11) is 0. The third kappa shape index (κ3) is 5.24. The van der Waals surface area contributed by atoms with Crippen LogP contribution in [0.3, 0.4) is 0 Å². The molecule has 2 rings (SSSR count). The summed E-state index contributed by atoms with van der Waals surface area (Å²) < 4.78 is 5.37. The van der Waals surface area contributed by atoms with Crippen molar-refractivity contribution in [3.63, 3.8) is 0 Å². The average Bonchev–Trinajstić information content (AvgIpc) is 3.00. The highest BCUT2D eigenvalue weighted by Crippen LogP contribution is 2.22. The molecule has 124 valence electrons. The van der Waals surface area contributed by atoms with Gasteiger partial charge in [-0.3, -0.25) is 10.1 Å². The molecule has 0 aromatic heterocycles. The van der Waals surface area contributed by atoms with E-state index in [9.17, 15) is 19.5 Å². The largest absolute Gasteiger partial charge is 0.507 e.